The number of carboxylic acids is 1. The highest BCUT2D eigenvalue weighted by Crippen LogP contribution is 2.19. The third kappa shape index (κ3) is 3.40. The summed E-state index contributed by atoms with van der Waals surface area (Å²) in [6, 6.07) is 2.72. The molecule has 0 bridgehead atoms. The van der Waals surface area contributed by atoms with Gasteiger partial charge in [-0.2, -0.15) is 8.78 Å². The molecule has 0 fully saturated rings. The van der Waals surface area contributed by atoms with Gasteiger partial charge in [-0.15, -0.1) is 0 Å². The molecule has 0 heterocycles. The van der Waals surface area contributed by atoms with Crippen LogP contribution in [0.3, 0.4) is 0 Å². The maximum Gasteiger partial charge on any atom is 0.387 e. The van der Waals surface area contributed by atoms with E-state index in [1.54, 1.807) is 0 Å². The molecule has 0 atom stereocenters. The van der Waals surface area contributed by atoms with Crippen LogP contribution in [-0.4, -0.2) is 25.7 Å². The fraction of sp³-hybridized carbons (Fsp3) is 0.200. The number of carbonyl (C=O) groups is 2. The molecule has 92 valence electrons. The highest BCUT2D eigenvalue weighted by molar-refractivity contribution is 5.94. The van der Waals surface area contributed by atoms with E-state index in [1.807, 2.05) is 0 Å². The Morgan fingerprint density at radius 2 is 1.82 bits per heavy atom. The number of methoxy groups -OCH3 is 1. The molecule has 0 radical (unpaired) electrons. The van der Waals surface area contributed by atoms with E-state index >= 15 is 0 Å². The first-order chi connectivity index (χ1) is 7.93. The van der Waals surface area contributed by atoms with Crippen LogP contribution in [0.5, 0.6) is 5.75 Å². The summed E-state index contributed by atoms with van der Waals surface area (Å²) in [5.74, 6) is -2.94. The summed E-state index contributed by atoms with van der Waals surface area (Å²) in [5, 5.41) is 10.6. The van der Waals surface area contributed by atoms with E-state index in [9.17, 15) is 23.5 Å². The highest BCUT2D eigenvalue weighted by atomic mass is 19.3. The fourth-order valence-electron chi connectivity index (χ4n) is 1.12. The van der Waals surface area contributed by atoms with E-state index in [-0.39, 0.29) is 5.56 Å². The minimum Gasteiger partial charge on any atom is -0.545 e. The predicted octanol–water partition coefficient (Wildman–Crippen LogP) is 0.438. The van der Waals surface area contributed by atoms with Crippen molar-refractivity contribution in [2.24, 2.45) is 0 Å². The Bertz CT molecular complexity index is 444. The number of ether oxygens (including phenoxy) is 2. The van der Waals surface area contributed by atoms with Crippen LogP contribution in [0.2, 0.25) is 0 Å². The van der Waals surface area contributed by atoms with E-state index in [2.05, 4.69) is 9.47 Å². The number of halogens is 2. The van der Waals surface area contributed by atoms with Crippen molar-refractivity contribution in [1.29, 1.82) is 0 Å². The molecule has 5 nitrogen and oxygen atoms in total. The summed E-state index contributed by atoms with van der Waals surface area (Å²) >= 11 is 0. The van der Waals surface area contributed by atoms with Gasteiger partial charge in [0.2, 0.25) is 0 Å². The molecule has 0 saturated carbocycles. The molecule has 0 spiro atoms. The standard InChI is InChI=1S/C10H8F2O5/c1-16-9(15)6-2-5(8(13)14)3-7(4-6)17-10(11)12/h2-4,10H,1H3,(H,13,14)/p-1. The van der Waals surface area contributed by atoms with Crippen molar-refractivity contribution in [3.63, 3.8) is 0 Å². The van der Waals surface area contributed by atoms with E-state index in [4.69, 9.17) is 0 Å². The average Bonchev–Trinajstić information content (AvgIpc) is 2.26. The zero-order chi connectivity index (χ0) is 13.0. The van der Waals surface area contributed by atoms with Gasteiger partial charge < -0.3 is 19.4 Å². The van der Waals surface area contributed by atoms with E-state index < -0.39 is 29.9 Å². The first-order valence-electron chi connectivity index (χ1n) is 4.33. The topological polar surface area (TPSA) is 75.7 Å². The van der Waals surface area contributed by atoms with Gasteiger partial charge in [-0.05, 0) is 18.2 Å². The molecule has 1 aromatic carbocycles. The largest absolute Gasteiger partial charge is 0.545 e. The number of rotatable bonds is 4. The SMILES string of the molecule is COC(=O)c1cc(OC(F)F)cc(C(=O)[O-])c1. The van der Waals surface area contributed by atoms with Crippen LogP contribution in [0.4, 0.5) is 8.78 Å². The minimum atomic E-state index is -3.13. The average molecular weight is 245 g/mol. The third-order valence-corrected chi connectivity index (χ3v) is 1.79. The van der Waals surface area contributed by atoms with Crippen molar-refractivity contribution in [2.45, 2.75) is 6.61 Å². The van der Waals surface area contributed by atoms with Gasteiger partial charge in [0, 0.05) is 5.56 Å². The second kappa shape index (κ2) is 5.24. The number of carbonyl (C=O) groups excluding carboxylic acids is 2. The number of hydrogen-bond acceptors (Lipinski definition) is 5. The summed E-state index contributed by atoms with van der Waals surface area (Å²) < 4.78 is 32.3. The Morgan fingerprint density at radius 1 is 1.24 bits per heavy atom. The first-order valence-corrected chi connectivity index (χ1v) is 4.33. The number of carboxylic acid groups (broad SMARTS) is 1. The molecule has 0 amide bonds. The van der Waals surface area contributed by atoms with Gasteiger partial charge in [-0.1, -0.05) is 0 Å². The zero-order valence-corrected chi connectivity index (χ0v) is 8.61. The summed E-state index contributed by atoms with van der Waals surface area (Å²) in [5.41, 5.74) is -0.673. The molecular formula is C10H7F2O5-. The molecular weight excluding hydrogens is 238 g/mol. The maximum absolute atomic E-state index is 12.0. The van der Waals surface area contributed by atoms with Gasteiger partial charge >= 0.3 is 12.6 Å². The van der Waals surface area contributed by atoms with Crippen LogP contribution in [0, 0.1) is 0 Å². The van der Waals surface area contributed by atoms with E-state index in [0.29, 0.717) is 0 Å². The lowest BCUT2D eigenvalue weighted by atomic mass is 10.1. The Labute approximate surface area is 94.6 Å². The number of hydrogen-bond donors (Lipinski definition) is 0. The van der Waals surface area contributed by atoms with Gasteiger partial charge in [0.1, 0.15) is 5.75 Å². The number of esters is 1. The second-order valence-electron chi connectivity index (χ2n) is 2.90. The normalized spacial score (nSPS) is 10.1. The minimum absolute atomic E-state index is 0.218. The van der Waals surface area contributed by atoms with Crippen LogP contribution in [-0.2, 0) is 4.74 Å². The molecule has 0 N–H and O–H groups in total. The van der Waals surface area contributed by atoms with Gasteiger partial charge in [0.15, 0.2) is 0 Å². The van der Waals surface area contributed by atoms with E-state index in [0.717, 1.165) is 25.3 Å². The van der Waals surface area contributed by atoms with Crippen molar-refractivity contribution >= 4 is 11.9 Å². The van der Waals surface area contributed by atoms with Gasteiger partial charge in [-0.25, -0.2) is 4.79 Å². The lowest BCUT2D eigenvalue weighted by Crippen LogP contribution is -2.23. The first kappa shape index (κ1) is 12.9. The van der Waals surface area contributed by atoms with Crippen molar-refractivity contribution in [1.82, 2.24) is 0 Å². The Morgan fingerprint density at radius 3 is 2.29 bits per heavy atom. The predicted molar refractivity (Wildman–Crippen MR) is 48.7 cm³/mol. The Kier molecular flexibility index (Phi) is 3.97. The lowest BCUT2D eigenvalue weighted by molar-refractivity contribution is -0.255. The quantitative estimate of drug-likeness (QED) is 0.719. The van der Waals surface area contributed by atoms with Crippen molar-refractivity contribution in [3.05, 3.63) is 29.3 Å². The maximum atomic E-state index is 12.0. The van der Waals surface area contributed by atoms with Crippen LogP contribution in [0.25, 0.3) is 0 Å². The second-order valence-corrected chi connectivity index (χ2v) is 2.90. The van der Waals surface area contributed by atoms with E-state index in [1.165, 1.54) is 0 Å². The number of benzene rings is 1. The Hall–Kier alpha value is -2.18. The van der Waals surface area contributed by atoms with Crippen molar-refractivity contribution in [2.75, 3.05) is 7.11 Å². The smallest absolute Gasteiger partial charge is 0.387 e. The third-order valence-electron chi connectivity index (χ3n) is 1.79. The van der Waals surface area contributed by atoms with Gasteiger partial charge in [0.25, 0.3) is 0 Å². The number of aromatic carboxylic acids is 1. The highest BCUT2D eigenvalue weighted by Gasteiger charge is 2.12. The van der Waals surface area contributed by atoms with Crippen LogP contribution in [0.1, 0.15) is 20.7 Å². The summed E-state index contributed by atoms with van der Waals surface area (Å²) in [7, 11) is 1.07. The molecule has 7 heteroatoms. The lowest BCUT2D eigenvalue weighted by Gasteiger charge is -2.10. The molecule has 0 saturated heterocycles. The monoisotopic (exact) mass is 245 g/mol. The molecule has 0 unspecified atom stereocenters. The summed E-state index contributed by atoms with van der Waals surface area (Å²) in [6.07, 6.45) is 0. The Balaban J connectivity index is 3.18. The fourth-order valence-corrected chi connectivity index (χ4v) is 1.12. The molecule has 0 aromatic heterocycles. The molecule has 17 heavy (non-hydrogen) atoms. The molecule has 1 aromatic rings. The van der Waals surface area contributed by atoms with Crippen LogP contribution < -0.4 is 9.84 Å². The van der Waals surface area contributed by atoms with Gasteiger partial charge in [-0.3, -0.25) is 0 Å². The molecule has 0 aliphatic carbocycles. The van der Waals surface area contributed by atoms with Gasteiger partial charge in [0.05, 0.1) is 18.6 Å². The number of alkyl halides is 2. The van der Waals surface area contributed by atoms with Crippen molar-refractivity contribution < 1.29 is 33.0 Å². The van der Waals surface area contributed by atoms with Crippen LogP contribution >= 0.6 is 0 Å². The summed E-state index contributed by atoms with van der Waals surface area (Å²) in [6.45, 7) is -3.13. The van der Waals surface area contributed by atoms with Crippen LogP contribution in [0.15, 0.2) is 18.2 Å². The zero-order valence-electron chi connectivity index (χ0n) is 8.61. The molecule has 0 aliphatic heterocycles. The molecule has 0 aliphatic rings. The summed E-state index contributed by atoms with van der Waals surface area (Å²) in [4.78, 5) is 21.7. The molecule has 1 rings (SSSR count). The van der Waals surface area contributed by atoms with Crippen molar-refractivity contribution in [3.8, 4) is 5.75 Å².